The van der Waals surface area contributed by atoms with E-state index in [0.29, 0.717) is 17.9 Å². The Labute approximate surface area is 173 Å². The van der Waals surface area contributed by atoms with Gasteiger partial charge in [0.2, 0.25) is 5.91 Å². The van der Waals surface area contributed by atoms with Gasteiger partial charge in [0.05, 0.1) is 15.2 Å². The third-order valence-corrected chi connectivity index (χ3v) is 6.57. The van der Waals surface area contributed by atoms with Crippen LogP contribution in [0.2, 0.25) is 5.02 Å². The molecule has 1 fully saturated rings. The van der Waals surface area contributed by atoms with Crippen LogP contribution >= 0.6 is 22.9 Å². The number of fused-ring (bicyclic) bond motifs is 1. The van der Waals surface area contributed by atoms with Gasteiger partial charge in [0, 0.05) is 37.9 Å². The molecule has 0 unspecified atom stereocenters. The lowest BCUT2D eigenvalue weighted by molar-refractivity contribution is -0.121. The average molecular weight is 416 g/mol. The van der Waals surface area contributed by atoms with Crippen molar-refractivity contribution < 1.29 is 4.79 Å². The van der Waals surface area contributed by atoms with Crippen LogP contribution in [0.15, 0.2) is 30.2 Å². The Kier molecular flexibility index (Phi) is 5.73. The van der Waals surface area contributed by atoms with E-state index in [4.69, 9.17) is 11.6 Å². The molecule has 6 nitrogen and oxygen atoms in total. The number of aryl methyl sites for hydroxylation is 2. The Hall–Kier alpha value is -2.25. The number of hydrogen-bond donors (Lipinski definition) is 1. The fourth-order valence-corrected chi connectivity index (χ4v) is 4.81. The molecule has 0 atom stereocenters. The van der Waals surface area contributed by atoms with E-state index in [2.05, 4.69) is 37.5 Å². The van der Waals surface area contributed by atoms with Gasteiger partial charge in [-0.2, -0.15) is 0 Å². The summed E-state index contributed by atoms with van der Waals surface area (Å²) in [6, 6.07) is 2.07. The number of carbonyl (C=O) groups excluding carboxylic acids is 1. The van der Waals surface area contributed by atoms with Crippen LogP contribution in [0.25, 0.3) is 10.2 Å². The number of piperidine rings is 1. The molecule has 1 amide bonds. The van der Waals surface area contributed by atoms with Crippen LogP contribution in [0.5, 0.6) is 0 Å². The molecule has 28 heavy (non-hydrogen) atoms. The summed E-state index contributed by atoms with van der Waals surface area (Å²) < 4.78 is 1.15. The van der Waals surface area contributed by atoms with E-state index in [1.807, 2.05) is 6.07 Å². The minimum atomic E-state index is 0.0737. The molecule has 1 aliphatic heterocycles. The van der Waals surface area contributed by atoms with Crippen LogP contribution in [0, 0.1) is 6.92 Å². The van der Waals surface area contributed by atoms with Crippen molar-refractivity contribution in [2.75, 3.05) is 18.0 Å². The number of pyridine rings is 1. The predicted molar refractivity (Wildman–Crippen MR) is 113 cm³/mol. The maximum atomic E-state index is 12.3. The van der Waals surface area contributed by atoms with E-state index in [0.717, 1.165) is 47.5 Å². The lowest BCUT2D eigenvalue weighted by atomic mass is 10.0. The third kappa shape index (κ3) is 4.10. The summed E-state index contributed by atoms with van der Waals surface area (Å²) in [4.78, 5) is 27.5. The van der Waals surface area contributed by atoms with Crippen LogP contribution in [0.1, 0.15) is 30.4 Å². The summed E-state index contributed by atoms with van der Waals surface area (Å²) in [5.41, 5.74) is 3.20. The van der Waals surface area contributed by atoms with Gasteiger partial charge in [-0.15, -0.1) is 11.3 Å². The second-order valence-electron chi connectivity index (χ2n) is 7.09. The molecule has 0 saturated carbocycles. The summed E-state index contributed by atoms with van der Waals surface area (Å²) >= 11 is 7.81. The predicted octanol–water partition coefficient (Wildman–Crippen LogP) is 3.77. The topological polar surface area (TPSA) is 71.0 Å². The molecule has 0 radical (unpaired) electrons. The second kappa shape index (κ2) is 8.41. The number of anilines is 1. The van der Waals surface area contributed by atoms with Gasteiger partial charge in [0.1, 0.15) is 12.1 Å². The summed E-state index contributed by atoms with van der Waals surface area (Å²) in [7, 11) is 0. The maximum absolute atomic E-state index is 12.3. The Morgan fingerprint density at radius 1 is 1.36 bits per heavy atom. The molecule has 4 heterocycles. The van der Waals surface area contributed by atoms with Crippen molar-refractivity contribution in [2.45, 2.75) is 38.6 Å². The molecular formula is C20H22ClN5OS. The molecule has 1 saturated heterocycles. The standard InChI is InChI=1S/C20H22ClN5OS/c1-13-11-28-19-18(13)23-12-24-20(19)26-8-5-15(6-9-26)25-17(27)3-2-14-4-7-22-10-16(14)21/h4,7,10-12,15H,2-3,5-6,8-9H2,1H3,(H,25,27). The highest BCUT2D eigenvalue weighted by atomic mass is 35.5. The van der Waals surface area contributed by atoms with Gasteiger partial charge in [-0.1, -0.05) is 11.6 Å². The van der Waals surface area contributed by atoms with Gasteiger partial charge in [0.25, 0.3) is 0 Å². The lowest BCUT2D eigenvalue weighted by Crippen LogP contribution is -2.45. The number of rotatable bonds is 5. The molecular weight excluding hydrogens is 394 g/mol. The van der Waals surface area contributed by atoms with E-state index in [9.17, 15) is 4.79 Å². The molecule has 1 aliphatic rings. The van der Waals surface area contributed by atoms with Crippen molar-refractivity contribution in [2.24, 2.45) is 0 Å². The van der Waals surface area contributed by atoms with Gasteiger partial charge in [-0.05, 0) is 48.8 Å². The number of aromatic nitrogens is 3. The Morgan fingerprint density at radius 2 is 2.18 bits per heavy atom. The van der Waals surface area contributed by atoms with Crippen molar-refractivity contribution in [3.8, 4) is 0 Å². The van der Waals surface area contributed by atoms with Crippen molar-refractivity contribution in [1.29, 1.82) is 0 Å². The summed E-state index contributed by atoms with van der Waals surface area (Å²) in [5, 5.41) is 5.91. The fourth-order valence-electron chi connectivity index (χ4n) is 3.57. The van der Waals surface area contributed by atoms with Gasteiger partial charge < -0.3 is 10.2 Å². The van der Waals surface area contributed by atoms with Crippen molar-refractivity contribution >= 4 is 44.9 Å². The Morgan fingerprint density at radius 3 is 2.96 bits per heavy atom. The number of halogens is 1. The monoisotopic (exact) mass is 415 g/mol. The van der Waals surface area contributed by atoms with Crippen LogP contribution in [-0.2, 0) is 11.2 Å². The molecule has 0 aromatic carbocycles. The third-order valence-electron chi connectivity index (χ3n) is 5.15. The number of amides is 1. The normalized spacial score (nSPS) is 15.1. The summed E-state index contributed by atoms with van der Waals surface area (Å²) in [6.45, 7) is 3.84. The number of nitrogens with zero attached hydrogens (tertiary/aromatic N) is 4. The fraction of sp³-hybridized carbons (Fsp3) is 0.400. The molecule has 1 N–H and O–H groups in total. The molecule has 0 bridgehead atoms. The van der Waals surface area contributed by atoms with Crippen molar-refractivity contribution in [1.82, 2.24) is 20.3 Å². The number of nitrogens with one attached hydrogen (secondary N) is 1. The summed E-state index contributed by atoms with van der Waals surface area (Å²) in [5.74, 6) is 1.09. The van der Waals surface area contributed by atoms with E-state index in [1.165, 1.54) is 5.56 Å². The maximum Gasteiger partial charge on any atom is 0.220 e. The second-order valence-corrected chi connectivity index (χ2v) is 8.38. The molecule has 146 valence electrons. The molecule has 3 aromatic rings. The SMILES string of the molecule is Cc1csc2c(N3CCC(NC(=O)CCc4ccncc4Cl)CC3)ncnc12. The van der Waals surface area contributed by atoms with E-state index < -0.39 is 0 Å². The van der Waals surface area contributed by atoms with E-state index in [1.54, 1.807) is 30.1 Å². The van der Waals surface area contributed by atoms with Gasteiger partial charge >= 0.3 is 0 Å². The molecule has 8 heteroatoms. The van der Waals surface area contributed by atoms with Gasteiger partial charge in [-0.25, -0.2) is 9.97 Å². The largest absolute Gasteiger partial charge is 0.355 e. The van der Waals surface area contributed by atoms with Crippen molar-refractivity contribution in [3.05, 3.63) is 46.3 Å². The van der Waals surface area contributed by atoms with Gasteiger partial charge in [-0.3, -0.25) is 9.78 Å². The highest BCUT2D eigenvalue weighted by Crippen LogP contribution is 2.32. The van der Waals surface area contributed by atoms with Crippen LogP contribution in [-0.4, -0.2) is 40.0 Å². The first kappa shape index (κ1) is 19.1. The molecule has 0 spiro atoms. The zero-order valence-corrected chi connectivity index (χ0v) is 17.3. The van der Waals surface area contributed by atoms with Crippen LogP contribution < -0.4 is 10.2 Å². The van der Waals surface area contributed by atoms with E-state index >= 15 is 0 Å². The molecule has 3 aromatic heterocycles. The van der Waals surface area contributed by atoms with E-state index in [-0.39, 0.29) is 11.9 Å². The minimum absolute atomic E-state index is 0.0737. The Balaban J connectivity index is 1.30. The quantitative estimate of drug-likeness (QED) is 0.686. The lowest BCUT2D eigenvalue weighted by Gasteiger charge is -2.33. The smallest absolute Gasteiger partial charge is 0.220 e. The summed E-state index contributed by atoms with van der Waals surface area (Å²) in [6.07, 6.45) is 7.86. The zero-order valence-electron chi connectivity index (χ0n) is 15.7. The first-order valence-electron chi connectivity index (χ1n) is 9.43. The molecule has 4 rings (SSSR count). The van der Waals surface area contributed by atoms with Crippen LogP contribution in [0.4, 0.5) is 5.82 Å². The van der Waals surface area contributed by atoms with Crippen molar-refractivity contribution in [3.63, 3.8) is 0 Å². The first-order chi connectivity index (χ1) is 13.6. The highest BCUT2D eigenvalue weighted by molar-refractivity contribution is 7.18. The Bertz CT molecular complexity index is 984. The van der Waals surface area contributed by atoms with Crippen LogP contribution in [0.3, 0.4) is 0 Å². The first-order valence-corrected chi connectivity index (χ1v) is 10.7. The zero-order chi connectivity index (χ0) is 19.5. The minimum Gasteiger partial charge on any atom is -0.355 e. The average Bonchev–Trinajstić information content (AvgIpc) is 3.09. The highest BCUT2D eigenvalue weighted by Gasteiger charge is 2.23. The van der Waals surface area contributed by atoms with Gasteiger partial charge in [0.15, 0.2) is 0 Å². The molecule has 0 aliphatic carbocycles. The number of thiophene rings is 1. The number of carbonyl (C=O) groups is 1. The number of hydrogen-bond acceptors (Lipinski definition) is 6.